The van der Waals surface area contributed by atoms with Gasteiger partial charge in [0.15, 0.2) is 11.6 Å². The average Bonchev–Trinajstić information content (AvgIpc) is 2.68. The minimum Gasteiger partial charge on any atom is -0.483 e. The second-order valence-corrected chi connectivity index (χ2v) is 10.6. The van der Waals surface area contributed by atoms with Crippen LogP contribution in [-0.2, 0) is 11.2 Å². The van der Waals surface area contributed by atoms with Crippen LogP contribution in [0, 0.1) is 5.41 Å². The standard InChI is InChI=1S/C25H40N4O3/c1-7-9-19(28-16(2)30)21(31)15-27-20-14-25(10-8-11-25)32-22-18(20)12-17(13-24(3,4)5)29-23(22)26-6/h7,12,19-21,27,31H,1,8-11,13-15H2,2-6H3,(H,26,29)(H,28,30)/t19-,20?,21+/m0/s1. The third kappa shape index (κ3) is 5.81. The summed E-state index contributed by atoms with van der Waals surface area (Å²) in [5, 5.41) is 20.5. The number of ether oxygens (including phenoxy) is 1. The zero-order valence-corrected chi connectivity index (χ0v) is 20.3. The SMILES string of the molecule is C=CC[C@H](NC(C)=O)[C@H](O)CNC1CC2(CCC2)Oc2c1cc(CC(C)(C)C)nc2NC. The van der Waals surface area contributed by atoms with E-state index in [1.807, 2.05) is 7.05 Å². The van der Waals surface area contributed by atoms with Gasteiger partial charge in [0, 0.05) is 44.2 Å². The minimum atomic E-state index is -0.722. The maximum Gasteiger partial charge on any atom is 0.217 e. The van der Waals surface area contributed by atoms with Gasteiger partial charge >= 0.3 is 0 Å². The Labute approximate surface area is 192 Å². The molecule has 4 N–H and O–H groups in total. The zero-order chi connectivity index (χ0) is 23.5. The zero-order valence-electron chi connectivity index (χ0n) is 20.3. The van der Waals surface area contributed by atoms with Crippen molar-refractivity contribution in [3.8, 4) is 5.75 Å². The van der Waals surface area contributed by atoms with E-state index in [9.17, 15) is 9.90 Å². The molecule has 0 radical (unpaired) electrons. The molecule has 2 heterocycles. The van der Waals surface area contributed by atoms with Gasteiger partial charge in [0.2, 0.25) is 5.91 Å². The van der Waals surface area contributed by atoms with E-state index in [0.29, 0.717) is 13.0 Å². The number of hydrogen-bond acceptors (Lipinski definition) is 6. The van der Waals surface area contributed by atoms with Crippen molar-refractivity contribution >= 4 is 11.7 Å². The van der Waals surface area contributed by atoms with Crippen LogP contribution in [0.25, 0.3) is 0 Å². The molecule has 1 aliphatic heterocycles. The van der Waals surface area contributed by atoms with Gasteiger partial charge in [-0.15, -0.1) is 6.58 Å². The van der Waals surface area contributed by atoms with Gasteiger partial charge in [-0.1, -0.05) is 26.8 Å². The van der Waals surface area contributed by atoms with Crippen LogP contribution in [0.1, 0.15) is 77.1 Å². The molecular weight excluding hydrogens is 404 g/mol. The number of pyridine rings is 1. The quantitative estimate of drug-likeness (QED) is 0.436. The number of hydrogen-bond donors (Lipinski definition) is 4. The number of nitrogens with one attached hydrogen (secondary N) is 3. The number of carbonyl (C=O) groups is 1. The van der Waals surface area contributed by atoms with Crippen molar-refractivity contribution in [3.05, 3.63) is 30.0 Å². The van der Waals surface area contributed by atoms with Gasteiger partial charge in [-0.05, 0) is 43.6 Å². The van der Waals surface area contributed by atoms with E-state index in [0.717, 1.165) is 48.5 Å². The number of nitrogens with zero attached hydrogens (tertiary/aromatic N) is 1. The molecule has 1 aliphatic carbocycles. The normalized spacial score (nSPS) is 21.0. The van der Waals surface area contributed by atoms with Crippen LogP contribution in [0.3, 0.4) is 0 Å². The molecule has 3 atom stereocenters. The van der Waals surface area contributed by atoms with E-state index in [-0.39, 0.29) is 29.0 Å². The van der Waals surface area contributed by atoms with Crippen molar-refractivity contribution < 1.29 is 14.6 Å². The fraction of sp³-hybridized carbons (Fsp3) is 0.680. The van der Waals surface area contributed by atoms with Crippen LogP contribution < -0.4 is 20.7 Å². The summed E-state index contributed by atoms with van der Waals surface area (Å²) >= 11 is 0. The number of aliphatic hydroxyl groups is 1. The Bertz CT molecular complexity index is 829. The Hall–Kier alpha value is -2.12. The Morgan fingerprint density at radius 1 is 1.44 bits per heavy atom. The van der Waals surface area contributed by atoms with E-state index >= 15 is 0 Å². The van der Waals surface area contributed by atoms with Crippen LogP contribution in [0.15, 0.2) is 18.7 Å². The van der Waals surface area contributed by atoms with Crippen molar-refractivity contribution in [2.75, 3.05) is 18.9 Å². The molecule has 1 unspecified atom stereocenters. The summed E-state index contributed by atoms with van der Waals surface area (Å²) < 4.78 is 6.54. The van der Waals surface area contributed by atoms with E-state index in [1.165, 1.54) is 13.3 Å². The lowest BCUT2D eigenvalue weighted by Gasteiger charge is -2.48. The van der Waals surface area contributed by atoms with Gasteiger partial charge < -0.3 is 25.8 Å². The molecule has 1 spiro atoms. The second-order valence-electron chi connectivity index (χ2n) is 10.6. The molecule has 7 heteroatoms. The highest BCUT2D eigenvalue weighted by Crippen LogP contribution is 2.51. The number of aromatic nitrogens is 1. The smallest absolute Gasteiger partial charge is 0.217 e. The van der Waals surface area contributed by atoms with E-state index in [2.05, 4.69) is 49.4 Å². The molecule has 0 aromatic carbocycles. The summed E-state index contributed by atoms with van der Waals surface area (Å²) in [6.07, 6.45) is 6.47. The largest absolute Gasteiger partial charge is 0.483 e. The van der Waals surface area contributed by atoms with Gasteiger partial charge in [0.05, 0.1) is 12.1 Å². The van der Waals surface area contributed by atoms with Crippen LogP contribution in [-0.4, -0.2) is 47.3 Å². The average molecular weight is 445 g/mol. The Kier molecular flexibility index (Phi) is 7.50. The number of carbonyl (C=O) groups excluding carboxylic acids is 1. The number of rotatable bonds is 9. The molecule has 32 heavy (non-hydrogen) atoms. The molecule has 1 saturated carbocycles. The number of aliphatic hydroxyl groups excluding tert-OH is 1. The maximum atomic E-state index is 11.5. The first-order valence-electron chi connectivity index (χ1n) is 11.8. The van der Waals surface area contributed by atoms with Crippen molar-refractivity contribution in [2.24, 2.45) is 5.41 Å². The fourth-order valence-electron chi connectivity index (χ4n) is 4.74. The molecule has 7 nitrogen and oxygen atoms in total. The van der Waals surface area contributed by atoms with Crippen molar-refractivity contribution in [1.29, 1.82) is 0 Å². The molecule has 1 aromatic rings. The van der Waals surface area contributed by atoms with Crippen LogP contribution in [0.4, 0.5) is 5.82 Å². The highest BCUT2D eigenvalue weighted by atomic mass is 16.5. The molecule has 1 amide bonds. The van der Waals surface area contributed by atoms with Crippen molar-refractivity contribution in [1.82, 2.24) is 15.6 Å². The molecule has 2 aliphatic rings. The third-order valence-electron chi connectivity index (χ3n) is 6.39. The molecule has 0 bridgehead atoms. The summed E-state index contributed by atoms with van der Waals surface area (Å²) in [6.45, 7) is 12.2. The molecule has 178 valence electrons. The highest BCUT2D eigenvalue weighted by Gasteiger charge is 2.46. The predicted octanol–water partition coefficient (Wildman–Crippen LogP) is 3.49. The fourth-order valence-corrected chi connectivity index (χ4v) is 4.74. The monoisotopic (exact) mass is 444 g/mol. The Balaban J connectivity index is 1.86. The topological polar surface area (TPSA) is 95.5 Å². The van der Waals surface area contributed by atoms with Crippen LogP contribution >= 0.6 is 0 Å². The molecule has 1 aromatic heterocycles. The van der Waals surface area contributed by atoms with Gasteiger partial charge in [-0.25, -0.2) is 4.98 Å². The van der Waals surface area contributed by atoms with Gasteiger partial charge in [-0.3, -0.25) is 4.79 Å². The summed E-state index contributed by atoms with van der Waals surface area (Å²) in [4.78, 5) is 16.4. The summed E-state index contributed by atoms with van der Waals surface area (Å²) in [5.41, 5.74) is 2.08. The summed E-state index contributed by atoms with van der Waals surface area (Å²) in [5.74, 6) is 1.45. The van der Waals surface area contributed by atoms with E-state index in [4.69, 9.17) is 9.72 Å². The maximum absolute atomic E-state index is 11.5. The highest BCUT2D eigenvalue weighted by molar-refractivity contribution is 5.73. The minimum absolute atomic E-state index is 0.0456. The first kappa shape index (κ1) is 24.5. The second kappa shape index (κ2) is 9.79. The lowest BCUT2D eigenvalue weighted by molar-refractivity contribution is -0.120. The van der Waals surface area contributed by atoms with E-state index in [1.54, 1.807) is 6.08 Å². The van der Waals surface area contributed by atoms with Gasteiger partial charge in [0.1, 0.15) is 5.60 Å². The Morgan fingerprint density at radius 3 is 2.69 bits per heavy atom. The first-order valence-corrected chi connectivity index (χ1v) is 11.8. The molecular formula is C25H40N4O3. The van der Waals surface area contributed by atoms with Crippen LogP contribution in [0.2, 0.25) is 0 Å². The number of amides is 1. The molecule has 3 rings (SSSR count). The molecule has 0 saturated heterocycles. The van der Waals surface area contributed by atoms with E-state index < -0.39 is 6.10 Å². The predicted molar refractivity (Wildman–Crippen MR) is 128 cm³/mol. The third-order valence-corrected chi connectivity index (χ3v) is 6.39. The van der Waals surface area contributed by atoms with Crippen LogP contribution in [0.5, 0.6) is 5.75 Å². The molecule has 1 fully saturated rings. The summed E-state index contributed by atoms with van der Waals surface area (Å²) in [6, 6.07) is 1.84. The Morgan fingerprint density at radius 2 is 2.16 bits per heavy atom. The first-order chi connectivity index (χ1) is 15.1. The lowest BCUT2D eigenvalue weighted by Crippen LogP contribution is -2.51. The number of anilines is 1. The lowest BCUT2D eigenvalue weighted by atomic mass is 9.72. The van der Waals surface area contributed by atoms with Gasteiger partial charge in [0.25, 0.3) is 0 Å². The summed E-state index contributed by atoms with van der Waals surface area (Å²) in [7, 11) is 1.88. The van der Waals surface area contributed by atoms with Crippen molar-refractivity contribution in [2.45, 2.75) is 90.0 Å². The number of fused-ring (bicyclic) bond motifs is 1. The van der Waals surface area contributed by atoms with Gasteiger partial charge in [-0.2, -0.15) is 0 Å². The van der Waals surface area contributed by atoms with Crippen molar-refractivity contribution in [3.63, 3.8) is 0 Å².